The molecular weight excluding hydrogens is 232 g/mol. The highest BCUT2D eigenvalue weighted by molar-refractivity contribution is 5.85. The highest BCUT2D eigenvalue weighted by Crippen LogP contribution is 2.39. The van der Waals surface area contributed by atoms with Crippen molar-refractivity contribution in [3.63, 3.8) is 0 Å². The van der Waals surface area contributed by atoms with Gasteiger partial charge in [0.1, 0.15) is 0 Å². The minimum Gasteiger partial charge on any atom is -0.358 e. The Morgan fingerprint density at radius 3 is 2.58 bits per heavy atom. The molecule has 1 fully saturated rings. The van der Waals surface area contributed by atoms with Crippen LogP contribution in [0.15, 0.2) is 18.2 Å². The van der Waals surface area contributed by atoms with E-state index in [2.05, 4.69) is 37.0 Å². The van der Waals surface area contributed by atoms with Gasteiger partial charge in [0, 0.05) is 28.6 Å². The van der Waals surface area contributed by atoms with Crippen LogP contribution in [-0.4, -0.2) is 11.5 Å². The van der Waals surface area contributed by atoms with E-state index in [-0.39, 0.29) is 5.41 Å². The maximum atomic E-state index is 6.14. The molecule has 2 heteroatoms. The smallest absolute Gasteiger partial charge is 0.0461 e. The second-order valence-corrected chi connectivity index (χ2v) is 6.18. The first-order chi connectivity index (χ1) is 9.16. The molecule has 1 aliphatic carbocycles. The van der Waals surface area contributed by atoms with E-state index in [0.717, 1.165) is 6.54 Å². The summed E-state index contributed by atoms with van der Waals surface area (Å²) in [4.78, 5) is 3.51. The van der Waals surface area contributed by atoms with E-state index in [9.17, 15) is 0 Å². The summed E-state index contributed by atoms with van der Waals surface area (Å²) >= 11 is 0. The van der Waals surface area contributed by atoms with Crippen molar-refractivity contribution in [3.05, 3.63) is 35.0 Å². The second-order valence-electron chi connectivity index (χ2n) is 6.18. The van der Waals surface area contributed by atoms with Gasteiger partial charge in [-0.2, -0.15) is 0 Å². The van der Waals surface area contributed by atoms with E-state index in [1.807, 2.05) is 0 Å². The van der Waals surface area contributed by atoms with Gasteiger partial charge in [-0.3, -0.25) is 0 Å². The Morgan fingerprint density at radius 1 is 1.16 bits per heavy atom. The highest BCUT2D eigenvalue weighted by Gasteiger charge is 2.32. The summed E-state index contributed by atoms with van der Waals surface area (Å²) in [6, 6.07) is 6.92. The fourth-order valence-electron chi connectivity index (χ4n) is 3.64. The number of fused-ring (bicyclic) bond motifs is 1. The number of nitrogens with two attached hydrogens (primary N) is 1. The van der Waals surface area contributed by atoms with Crippen LogP contribution in [0.4, 0.5) is 0 Å². The number of hydrogen-bond acceptors (Lipinski definition) is 1. The summed E-state index contributed by atoms with van der Waals surface area (Å²) in [6.07, 6.45) is 6.49. The fraction of sp³-hybridized carbons (Fsp3) is 0.529. The van der Waals surface area contributed by atoms with Crippen LogP contribution in [-0.2, 0) is 5.41 Å². The molecule has 1 saturated carbocycles. The Morgan fingerprint density at radius 2 is 1.89 bits per heavy atom. The van der Waals surface area contributed by atoms with Crippen LogP contribution in [0.2, 0.25) is 0 Å². The van der Waals surface area contributed by atoms with Crippen molar-refractivity contribution in [2.75, 3.05) is 6.54 Å². The number of hydrogen-bond donors (Lipinski definition) is 2. The van der Waals surface area contributed by atoms with Crippen molar-refractivity contribution in [2.45, 2.75) is 51.4 Å². The minimum absolute atomic E-state index is 0.222. The Bertz CT molecular complexity index is 589. The third-order valence-corrected chi connectivity index (χ3v) is 5.12. The third kappa shape index (κ3) is 1.99. The Labute approximate surface area is 115 Å². The molecule has 102 valence electrons. The lowest BCUT2D eigenvalue weighted by Crippen LogP contribution is -2.37. The van der Waals surface area contributed by atoms with Gasteiger partial charge in [-0.15, -0.1) is 0 Å². The molecule has 19 heavy (non-hydrogen) atoms. The number of aromatic amines is 1. The topological polar surface area (TPSA) is 41.8 Å². The van der Waals surface area contributed by atoms with Crippen molar-refractivity contribution >= 4 is 10.9 Å². The quantitative estimate of drug-likeness (QED) is 0.839. The van der Waals surface area contributed by atoms with Crippen molar-refractivity contribution in [3.8, 4) is 0 Å². The van der Waals surface area contributed by atoms with Gasteiger partial charge in [0.2, 0.25) is 0 Å². The van der Waals surface area contributed by atoms with E-state index in [4.69, 9.17) is 5.73 Å². The monoisotopic (exact) mass is 256 g/mol. The Kier molecular flexibility index (Phi) is 3.14. The number of benzene rings is 1. The second kappa shape index (κ2) is 4.68. The van der Waals surface area contributed by atoms with E-state index in [0.29, 0.717) is 0 Å². The average molecular weight is 256 g/mol. The zero-order valence-corrected chi connectivity index (χ0v) is 12.1. The number of nitrogens with one attached hydrogen (secondary N) is 1. The fourth-order valence-corrected chi connectivity index (χ4v) is 3.64. The van der Waals surface area contributed by atoms with Gasteiger partial charge in [0.15, 0.2) is 0 Å². The normalized spacial score (nSPS) is 18.9. The van der Waals surface area contributed by atoms with Crippen LogP contribution in [0.1, 0.15) is 48.9 Å². The summed E-state index contributed by atoms with van der Waals surface area (Å²) < 4.78 is 0. The van der Waals surface area contributed by atoms with Gasteiger partial charge in [-0.05, 0) is 43.9 Å². The Balaban J connectivity index is 2.09. The standard InChI is InChI=1S/C17H24N2/c1-12-13(2)19-16-10-14(6-7-15(12)16)17(11-18)8-4-3-5-9-17/h6-7,10,19H,3-5,8-9,11,18H2,1-2H3. The molecule has 3 N–H and O–H groups in total. The lowest BCUT2D eigenvalue weighted by Gasteiger charge is -2.36. The number of rotatable bonds is 2. The lowest BCUT2D eigenvalue weighted by atomic mass is 9.69. The van der Waals surface area contributed by atoms with E-state index in [1.165, 1.54) is 59.8 Å². The molecule has 0 amide bonds. The van der Waals surface area contributed by atoms with Crippen LogP contribution in [0.3, 0.4) is 0 Å². The van der Waals surface area contributed by atoms with Gasteiger partial charge in [-0.25, -0.2) is 0 Å². The SMILES string of the molecule is Cc1[nH]c2cc(C3(CN)CCCCC3)ccc2c1C. The summed E-state index contributed by atoms with van der Waals surface area (Å²) in [5.74, 6) is 0. The maximum Gasteiger partial charge on any atom is 0.0461 e. The molecule has 0 spiro atoms. The summed E-state index contributed by atoms with van der Waals surface area (Å²) in [7, 11) is 0. The summed E-state index contributed by atoms with van der Waals surface area (Å²) in [5, 5.41) is 1.35. The molecule has 0 radical (unpaired) electrons. The van der Waals surface area contributed by atoms with Crippen LogP contribution < -0.4 is 5.73 Å². The van der Waals surface area contributed by atoms with Crippen molar-refractivity contribution < 1.29 is 0 Å². The van der Waals surface area contributed by atoms with Crippen LogP contribution >= 0.6 is 0 Å². The van der Waals surface area contributed by atoms with Crippen LogP contribution in [0.5, 0.6) is 0 Å². The Hall–Kier alpha value is -1.28. The van der Waals surface area contributed by atoms with E-state index < -0.39 is 0 Å². The molecule has 1 heterocycles. The maximum absolute atomic E-state index is 6.14. The number of H-pyrrole nitrogens is 1. The molecule has 3 rings (SSSR count). The van der Waals surface area contributed by atoms with Gasteiger partial charge >= 0.3 is 0 Å². The van der Waals surface area contributed by atoms with E-state index >= 15 is 0 Å². The molecule has 1 aliphatic rings. The van der Waals surface area contributed by atoms with Gasteiger partial charge in [0.25, 0.3) is 0 Å². The number of aryl methyl sites for hydroxylation is 2. The van der Waals surface area contributed by atoms with Crippen molar-refractivity contribution in [1.82, 2.24) is 4.98 Å². The predicted molar refractivity (Wildman–Crippen MR) is 81.6 cm³/mol. The van der Waals surface area contributed by atoms with E-state index in [1.54, 1.807) is 0 Å². The highest BCUT2D eigenvalue weighted by atomic mass is 14.7. The first-order valence-electron chi connectivity index (χ1n) is 7.46. The van der Waals surface area contributed by atoms with Gasteiger partial charge < -0.3 is 10.7 Å². The molecule has 0 atom stereocenters. The van der Waals surface area contributed by atoms with Gasteiger partial charge in [0.05, 0.1) is 0 Å². The summed E-state index contributed by atoms with van der Waals surface area (Å²) in [5.41, 5.74) is 11.7. The van der Waals surface area contributed by atoms with Crippen LogP contribution in [0.25, 0.3) is 10.9 Å². The minimum atomic E-state index is 0.222. The molecule has 2 nitrogen and oxygen atoms in total. The average Bonchev–Trinajstić information content (AvgIpc) is 2.74. The largest absolute Gasteiger partial charge is 0.358 e. The molecule has 2 aromatic rings. The molecule has 0 unspecified atom stereocenters. The zero-order chi connectivity index (χ0) is 13.5. The molecule has 1 aromatic carbocycles. The molecule has 0 aliphatic heterocycles. The molecule has 0 saturated heterocycles. The lowest BCUT2D eigenvalue weighted by molar-refractivity contribution is 0.301. The molecular formula is C17H24N2. The predicted octanol–water partition coefficient (Wildman–Crippen LogP) is 3.95. The third-order valence-electron chi connectivity index (χ3n) is 5.12. The first-order valence-corrected chi connectivity index (χ1v) is 7.46. The molecule has 0 bridgehead atoms. The van der Waals surface area contributed by atoms with Crippen molar-refractivity contribution in [2.24, 2.45) is 5.73 Å². The first kappa shape index (κ1) is 12.7. The summed E-state index contributed by atoms with van der Waals surface area (Å²) in [6.45, 7) is 5.11. The number of aromatic nitrogens is 1. The zero-order valence-electron chi connectivity index (χ0n) is 12.1. The van der Waals surface area contributed by atoms with Crippen molar-refractivity contribution in [1.29, 1.82) is 0 Å². The van der Waals surface area contributed by atoms with Crippen LogP contribution in [0, 0.1) is 13.8 Å². The molecule has 1 aromatic heterocycles. The van der Waals surface area contributed by atoms with Gasteiger partial charge in [-0.1, -0.05) is 31.4 Å².